The lowest BCUT2D eigenvalue weighted by molar-refractivity contribution is 0.578. The summed E-state index contributed by atoms with van der Waals surface area (Å²) in [6, 6.07) is 3.44. The first-order valence-electron chi connectivity index (χ1n) is 6.33. The van der Waals surface area contributed by atoms with Crippen molar-refractivity contribution in [2.75, 3.05) is 19.0 Å². The minimum Gasteiger partial charge on any atom is -0.361 e. The lowest BCUT2D eigenvalue weighted by atomic mass is 10.2. The van der Waals surface area contributed by atoms with Crippen LogP contribution in [0.1, 0.15) is 5.56 Å². The van der Waals surface area contributed by atoms with Crippen LogP contribution in [0.2, 0.25) is 0 Å². The quantitative estimate of drug-likeness (QED) is 0.741. The number of fused-ring (bicyclic) bond motifs is 1. The fourth-order valence-electron chi connectivity index (χ4n) is 2.21. The second-order valence-corrected chi connectivity index (χ2v) is 4.91. The van der Waals surface area contributed by atoms with E-state index in [4.69, 9.17) is 0 Å². The number of benzene rings is 1. The van der Waals surface area contributed by atoms with Crippen molar-refractivity contribution in [2.45, 2.75) is 6.54 Å². The number of hydrogen-bond donors (Lipinski definition) is 0. The molecule has 0 bridgehead atoms. The molecule has 0 saturated carbocycles. The first kappa shape index (κ1) is 13.4. The fraction of sp³-hybridized carbons (Fsp3) is 0.214. The Morgan fingerprint density at radius 3 is 2.43 bits per heavy atom. The Bertz CT molecular complexity index is 777. The van der Waals surface area contributed by atoms with E-state index in [9.17, 15) is 8.78 Å². The number of hydrogen-bond acceptors (Lipinski definition) is 4. The smallest absolute Gasteiger partial charge is 0.165 e. The van der Waals surface area contributed by atoms with Crippen LogP contribution in [0, 0.1) is 11.6 Å². The summed E-state index contributed by atoms with van der Waals surface area (Å²) in [5.41, 5.74) is 1.79. The van der Waals surface area contributed by atoms with Gasteiger partial charge in [0.05, 0.1) is 12.9 Å². The minimum atomic E-state index is -0.599. The summed E-state index contributed by atoms with van der Waals surface area (Å²) in [7, 11) is 3.73. The van der Waals surface area contributed by atoms with E-state index in [1.165, 1.54) is 18.5 Å². The minimum absolute atomic E-state index is 0.287. The molecule has 7 heteroatoms. The van der Waals surface area contributed by atoms with E-state index < -0.39 is 11.6 Å². The molecule has 3 rings (SSSR count). The molecule has 1 aromatic carbocycles. The molecular formula is C14H13F2N5. The Morgan fingerprint density at radius 1 is 1.05 bits per heavy atom. The van der Waals surface area contributed by atoms with E-state index in [0.717, 1.165) is 6.07 Å². The molecule has 0 amide bonds. The zero-order chi connectivity index (χ0) is 15.0. The van der Waals surface area contributed by atoms with E-state index >= 15 is 0 Å². The largest absolute Gasteiger partial charge is 0.361 e. The number of rotatable bonds is 3. The third-order valence-corrected chi connectivity index (χ3v) is 3.08. The van der Waals surface area contributed by atoms with Crippen molar-refractivity contribution in [1.82, 2.24) is 19.5 Å². The first-order chi connectivity index (χ1) is 10.0. The van der Waals surface area contributed by atoms with Crippen molar-refractivity contribution in [3.8, 4) is 0 Å². The lowest BCUT2D eigenvalue weighted by Crippen LogP contribution is -2.11. The van der Waals surface area contributed by atoms with E-state index in [-0.39, 0.29) is 6.54 Å². The van der Waals surface area contributed by atoms with Gasteiger partial charge in [0, 0.05) is 20.2 Å². The molecule has 3 aromatic rings. The van der Waals surface area contributed by atoms with Gasteiger partial charge in [-0.1, -0.05) is 0 Å². The summed E-state index contributed by atoms with van der Waals surface area (Å²) in [4.78, 5) is 14.5. The van der Waals surface area contributed by atoms with Crippen LogP contribution in [0.25, 0.3) is 11.2 Å². The van der Waals surface area contributed by atoms with Gasteiger partial charge in [0.15, 0.2) is 17.0 Å². The van der Waals surface area contributed by atoms with E-state index in [1.807, 2.05) is 19.0 Å². The molecule has 0 aliphatic heterocycles. The number of aromatic nitrogens is 4. The molecule has 0 atom stereocenters. The maximum atomic E-state index is 13.2. The number of imidazole rings is 1. The van der Waals surface area contributed by atoms with Gasteiger partial charge >= 0.3 is 0 Å². The van der Waals surface area contributed by atoms with Gasteiger partial charge < -0.3 is 9.47 Å². The van der Waals surface area contributed by atoms with Crippen LogP contribution in [0.3, 0.4) is 0 Å². The van der Waals surface area contributed by atoms with Crippen LogP contribution in [-0.2, 0) is 6.54 Å². The molecular weight excluding hydrogens is 276 g/mol. The maximum Gasteiger partial charge on any atom is 0.165 e. The van der Waals surface area contributed by atoms with Crippen molar-refractivity contribution in [1.29, 1.82) is 0 Å². The summed E-state index contributed by atoms with van der Waals surface area (Å²) >= 11 is 0. The summed E-state index contributed by atoms with van der Waals surface area (Å²) in [5.74, 6) is -0.500. The topological polar surface area (TPSA) is 46.8 Å². The average Bonchev–Trinajstić information content (AvgIpc) is 2.80. The molecule has 0 unspecified atom stereocenters. The molecule has 0 fully saturated rings. The summed E-state index contributed by atoms with van der Waals surface area (Å²) in [5, 5.41) is 0. The molecule has 0 saturated heterocycles. The van der Waals surface area contributed by atoms with Crippen molar-refractivity contribution < 1.29 is 8.78 Å². The second kappa shape index (κ2) is 5.08. The summed E-state index contributed by atoms with van der Waals surface area (Å²) in [6.07, 6.45) is 3.04. The van der Waals surface area contributed by atoms with Gasteiger partial charge in [-0.3, -0.25) is 0 Å². The zero-order valence-electron chi connectivity index (χ0n) is 11.6. The van der Waals surface area contributed by atoms with Crippen LogP contribution in [0.5, 0.6) is 0 Å². The molecule has 5 nitrogen and oxygen atoms in total. The van der Waals surface area contributed by atoms with E-state index in [1.54, 1.807) is 10.9 Å². The summed E-state index contributed by atoms with van der Waals surface area (Å²) < 4.78 is 28.2. The average molecular weight is 289 g/mol. The maximum absolute atomic E-state index is 13.2. The lowest BCUT2D eigenvalue weighted by Gasteiger charge is -2.11. The van der Waals surface area contributed by atoms with Gasteiger partial charge in [-0.25, -0.2) is 23.7 Å². The van der Waals surface area contributed by atoms with Gasteiger partial charge in [0.25, 0.3) is 0 Å². The molecule has 2 aromatic heterocycles. The molecule has 0 aliphatic rings. The Morgan fingerprint density at radius 2 is 1.76 bits per heavy atom. The number of halogens is 2. The van der Waals surface area contributed by atoms with Crippen LogP contribution in [0.15, 0.2) is 30.9 Å². The van der Waals surface area contributed by atoms with E-state index in [0.29, 0.717) is 22.5 Å². The van der Waals surface area contributed by atoms with E-state index in [2.05, 4.69) is 15.0 Å². The van der Waals surface area contributed by atoms with Gasteiger partial charge in [0.1, 0.15) is 18.0 Å². The van der Waals surface area contributed by atoms with Crippen molar-refractivity contribution in [3.05, 3.63) is 48.1 Å². The molecule has 21 heavy (non-hydrogen) atoms. The monoisotopic (exact) mass is 289 g/mol. The Kier molecular flexibility index (Phi) is 3.25. The highest BCUT2D eigenvalue weighted by Gasteiger charge is 2.12. The highest BCUT2D eigenvalue weighted by molar-refractivity contribution is 5.83. The fourth-order valence-corrected chi connectivity index (χ4v) is 2.21. The van der Waals surface area contributed by atoms with Crippen molar-refractivity contribution in [3.63, 3.8) is 0 Å². The third kappa shape index (κ3) is 2.54. The predicted octanol–water partition coefficient (Wildman–Crippen LogP) is 2.22. The molecule has 108 valence electrons. The third-order valence-electron chi connectivity index (χ3n) is 3.08. The first-order valence-corrected chi connectivity index (χ1v) is 6.33. The normalized spacial score (nSPS) is 11.0. The SMILES string of the molecule is CN(C)c1ncnc2c1ncn2Cc1cc(F)cc(F)c1. The van der Waals surface area contributed by atoms with Crippen molar-refractivity contribution >= 4 is 17.0 Å². The zero-order valence-corrected chi connectivity index (χ0v) is 11.6. The van der Waals surface area contributed by atoms with Gasteiger partial charge in [-0.15, -0.1) is 0 Å². The van der Waals surface area contributed by atoms with Crippen LogP contribution in [-0.4, -0.2) is 33.6 Å². The molecule has 2 heterocycles. The Balaban J connectivity index is 2.03. The van der Waals surface area contributed by atoms with Crippen LogP contribution >= 0.6 is 0 Å². The van der Waals surface area contributed by atoms with Gasteiger partial charge in [-0.2, -0.15) is 0 Å². The number of nitrogens with zero attached hydrogens (tertiary/aromatic N) is 5. The number of anilines is 1. The van der Waals surface area contributed by atoms with Crippen LogP contribution < -0.4 is 4.90 Å². The predicted molar refractivity (Wildman–Crippen MR) is 75.1 cm³/mol. The van der Waals surface area contributed by atoms with Gasteiger partial charge in [0.2, 0.25) is 0 Å². The summed E-state index contributed by atoms with van der Waals surface area (Å²) in [6.45, 7) is 0.287. The van der Waals surface area contributed by atoms with Crippen molar-refractivity contribution in [2.24, 2.45) is 0 Å². The Hall–Kier alpha value is -2.57. The highest BCUT2D eigenvalue weighted by atomic mass is 19.1. The standard InChI is InChI=1S/C14H13F2N5/c1-20(2)13-12-14(18-7-17-13)21(8-19-12)6-9-3-10(15)5-11(16)4-9/h3-5,7-8H,6H2,1-2H3. The second-order valence-electron chi connectivity index (χ2n) is 4.91. The van der Waals surface area contributed by atoms with Gasteiger partial charge in [-0.05, 0) is 17.7 Å². The molecule has 0 N–H and O–H groups in total. The Labute approximate surface area is 119 Å². The highest BCUT2D eigenvalue weighted by Crippen LogP contribution is 2.20. The molecule has 0 spiro atoms. The van der Waals surface area contributed by atoms with Crippen LogP contribution in [0.4, 0.5) is 14.6 Å². The molecule has 0 aliphatic carbocycles. The molecule has 0 radical (unpaired) electrons.